The number of aromatic nitrogens is 1. The molecule has 0 N–H and O–H groups in total. The molecular formula is C11H18N3O4P. The van der Waals surface area contributed by atoms with Gasteiger partial charge in [-0.15, -0.1) is 4.91 Å². The summed E-state index contributed by atoms with van der Waals surface area (Å²) in [5.74, 6) is 0.345. The molecule has 7 nitrogen and oxygen atoms in total. The monoisotopic (exact) mass is 287 g/mol. The molecule has 19 heavy (non-hydrogen) atoms. The second kappa shape index (κ2) is 7.33. The Labute approximate surface area is 112 Å². The molecule has 0 bridgehead atoms. The zero-order chi connectivity index (χ0) is 14.3. The number of anilines is 1. The van der Waals surface area contributed by atoms with Crippen molar-refractivity contribution >= 4 is 13.4 Å². The lowest BCUT2D eigenvalue weighted by atomic mass is 10.3. The predicted octanol–water partition coefficient (Wildman–Crippen LogP) is 2.97. The number of rotatable bonds is 8. The van der Waals surface area contributed by atoms with Crippen molar-refractivity contribution < 1.29 is 13.6 Å². The summed E-state index contributed by atoms with van der Waals surface area (Å²) in [5, 5.41) is 3.87. The average Bonchev–Trinajstić information content (AvgIpc) is 2.39. The van der Waals surface area contributed by atoms with Crippen LogP contribution in [0.15, 0.2) is 23.6 Å². The van der Waals surface area contributed by atoms with Gasteiger partial charge in [-0.1, -0.05) is 6.07 Å². The second-order valence-electron chi connectivity index (χ2n) is 3.70. The summed E-state index contributed by atoms with van der Waals surface area (Å²) in [4.78, 5) is 14.6. The van der Waals surface area contributed by atoms with E-state index in [1.165, 1.54) is 13.2 Å². The summed E-state index contributed by atoms with van der Waals surface area (Å²) >= 11 is 0. The first-order chi connectivity index (χ1) is 9.06. The standard InChI is InChI=1S/C11H18N3O4P/c1-4-17-19(16,18-5-2)9-10-7-6-8-12-11(10)14(3)13-15/h6-8H,4-5,9H2,1-3H3. The Morgan fingerprint density at radius 1 is 1.37 bits per heavy atom. The van der Waals surface area contributed by atoms with Gasteiger partial charge in [-0.3, -0.25) is 4.57 Å². The highest BCUT2D eigenvalue weighted by Gasteiger charge is 2.26. The number of hydrogen-bond donors (Lipinski definition) is 0. The fourth-order valence-corrected chi connectivity index (χ4v) is 3.32. The maximum Gasteiger partial charge on any atom is 0.335 e. The molecule has 0 fully saturated rings. The molecule has 0 unspecified atom stereocenters. The third-order valence-electron chi connectivity index (χ3n) is 2.31. The van der Waals surface area contributed by atoms with Gasteiger partial charge >= 0.3 is 7.60 Å². The lowest BCUT2D eigenvalue weighted by molar-refractivity contribution is 0.219. The molecule has 0 aliphatic heterocycles. The van der Waals surface area contributed by atoms with Gasteiger partial charge in [0.25, 0.3) is 0 Å². The Balaban J connectivity index is 3.02. The minimum absolute atomic E-state index is 0.0533. The van der Waals surface area contributed by atoms with Gasteiger partial charge in [-0.25, -0.2) is 9.99 Å². The molecule has 0 aliphatic carbocycles. The van der Waals surface area contributed by atoms with Gasteiger partial charge in [0.05, 0.1) is 24.7 Å². The van der Waals surface area contributed by atoms with Crippen LogP contribution in [0.25, 0.3) is 0 Å². The molecule has 0 atom stereocenters. The van der Waals surface area contributed by atoms with E-state index in [-0.39, 0.29) is 19.4 Å². The number of nitroso groups, excluding NO2 is 1. The molecule has 106 valence electrons. The first kappa shape index (κ1) is 15.8. The van der Waals surface area contributed by atoms with E-state index in [1.807, 2.05) is 0 Å². The van der Waals surface area contributed by atoms with Gasteiger partial charge in [0.2, 0.25) is 0 Å². The summed E-state index contributed by atoms with van der Waals surface area (Å²) in [6.07, 6.45) is 1.59. The van der Waals surface area contributed by atoms with Crippen molar-refractivity contribution in [2.75, 3.05) is 25.3 Å². The van der Waals surface area contributed by atoms with Gasteiger partial charge in [0.15, 0.2) is 5.82 Å². The Bertz CT molecular complexity index is 459. The van der Waals surface area contributed by atoms with Crippen LogP contribution >= 0.6 is 7.60 Å². The average molecular weight is 287 g/mol. The van der Waals surface area contributed by atoms with Crippen LogP contribution in [0.5, 0.6) is 0 Å². The fourth-order valence-electron chi connectivity index (χ4n) is 1.61. The normalized spacial score (nSPS) is 11.3. The van der Waals surface area contributed by atoms with Crippen LogP contribution < -0.4 is 5.01 Å². The van der Waals surface area contributed by atoms with Crippen LogP contribution in [0.2, 0.25) is 0 Å². The smallest absolute Gasteiger partial charge is 0.309 e. The molecule has 0 saturated heterocycles. The molecule has 0 aliphatic rings. The van der Waals surface area contributed by atoms with Gasteiger partial charge < -0.3 is 9.05 Å². The summed E-state index contributed by atoms with van der Waals surface area (Å²) in [6.45, 7) is 4.06. The number of pyridine rings is 1. The third-order valence-corrected chi connectivity index (χ3v) is 4.34. The first-order valence-electron chi connectivity index (χ1n) is 5.95. The van der Waals surface area contributed by atoms with Crippen molar-refractivity contribution in [3.05, 3.63) is 28.8 Å². The Kier molecular flexibility index (Phi) is 6.08. The quantitative estimate of drug-likeness (QED) is 0.415. The second-order valence-corrected chi connectivity index (χ2v) is 5.75. The predicted molar refractivity (Wildman–Crippen MR) is 73.0 cm³/mol. The minimum atomic E-state index is -3.23. The highest BCUT2D eigenvalue weighted by molar-refractivity contribution is 7.53. The van der Waals surface area contributed by atoms with Crippen LogP contribution in [-0.2, 0) is 19.8 Å². The molecule has 1 aromatic rings. The lowest BCUT2D eigenvalue weighted by Crippen LogP contribution is -2.12. The van der Waals surface area contributed by atoms with E-state index in [0.717, 1.165) is 5.01 Å². The van der Waals surface area contributed by atoms with Crippen LogP contribution in [-0.4, -0.2) is 25.2 Å². The van der Waals surface area contributed by atoms with Crippen molar-refractivity contribution in [1.82, 2.24) is 4.98 Å². The Hall–Kier alpha value is -1.30. The summed E-state index contributed by atoms with van der Waals surface area (Å²) in [6, 6.07) is 3.41. The van der Waals surface area contributed by atoms with E-state index in [2.05, 4.69) is 10.3 Å². The molecule has 0 spiro atoms. The largest absolute Gasteiger partial charge is 0.335 e. The zero-order valence-corrected chi connectivity index (χ0v) is 12.2. The zero-order valence-electron chi connectivity index (χ0n) is 11.3. The van der Waals surface area contributed by atoms with E-state index < -0.39 is 7.60 Å². The highest BCUT2D eigenvalue weighted by atomic mass is 31.2. The van der Waals surface area contributed by atoms with E-state index in [1.54, 1.807) is 26.0 Å². The molecule has 0 saturated carbocycles. The van der Waals surface area contributed by atoms with Crippen molar-refractivity contribution in [2.24, 2.45) is 5.29 Å². The van der Waals surface area contributed by atoms with Gasteiger partial charge in [-0.2, -0.15) is 0 Å². The Morgan fingerprint density at radius 2 is 2.00 bits per heavy atom. The van der Waals surface area contributed by atoms with E-state index >= 15 is 0 Å². The molecule has 0 aromatic carbocycles. The van der Waals surface area contributed by atoms with Gasteiger partial charge in [0, 0.05) is 18.8 Å². The minimum Gasteiger partial charge on any atom is -0.309 e. The van der Waals surface area contributed by atoms with Crippen molar-refractivity contribution in [2.45, 2.75) is 20.0 Å². The van der Waals surface area contributed by atoms with Crippen LogP contribution in [0.1, 0.15) is 19.4 Å². The maximum absolute atomic E-state index is 12.4. The van der Waals surface area contributed by atoms with Crippen molar-refractivity contribution in [1.29, 1.82) is 0 Å². The molecule has 0 amide bonds. The van der Waals surface area contributed by atoms with E-state index in [4.69, 9.17) is 9.05 Å². The lowest BCUT2D eigenvalue weighted by Gasteiger charge is -2.19. The first-order valence-corrected chi connectivity index (χ1v) is 7.68. The topological polar surface area (TPSA) is 81.1 Å². The van der Waals surface area contributed by atoms with Crippen LogP contribution in [0, 0.1) is 4.91 Å². The van der Waals surface area contributed by atoms with E-state index in [0.29, 0.717) is 11.4 Å². The van der Waals surface area contributed by atoms with Crippen molar-refractivity contribution in [3.63, 3.8) is 0 Å². The molecule has 1 rings (SSSR count). The maximum atomic E-state index is 12.4. The molecule has 0 radical (unpaired) electrons. The fraction of sp³-hybridized carbons (Fsp3) is 0.545. The van der Waals surface area contributed by atoms with Crippen molar-refractivity contribution in [3.8, 4) is 0 Å². The highest BCUT2D eigenvalue weighted by Crippen LogP contribution is 2.52. The third kappa shape index (κ3) is 4.38. The summed E-state index contributed by atoms with van der Waals surface area (Å²) in [5.41, 5.74) is 0.592. The SMILES string of the molecule is CCOP(=O)(Cc1cccnc1N(C)N=O)OCC. The molecule has 1 heterocycles. The van der Waals surface area contributed by atoms with Crippen LogP contribution in [0.4, 0.5) is 5.82 Å². The van der Waals surface area contributed by atoms with E-state index in [9.17, 15) is 9.47 Å². The Morgan fingerprint density at radius 3 is 2.53 bits per heavy atom. The molecule has 8 heteroatoms. The molecular weight excluding hydrogens is 269 g/mol. The molecule has 1 aromatic heterocycles. The summed E-state index contributed by atoms with van der Waals surface area (Å²) in [7, 11) is -1.75. The van der Waals surface area contributed by atoms with Gasteiger partial charge in [0.1, 0.15) is 0 Å². The number of nitrogens with zero attached hydrogens (tertiary/aromatic N) is 3. The summed E-state index contributed by atoms with van der Waals surface area (Å²) < 4.78 is 22.9. The number of hydrogen-bond acceptors (Lipinski definition) is 6. The van der Waals surface area contributed by atoms with Gasteiger partial charge in [-0.05, 0) is 19.9 Å². The van der Waals surface area contributed by atoms with Crippen LogP contribution in [0.3, 0.4) is 0 Å².